The molecule has 0 spiro atoms. The van der Waals surface area contributed by atoms with Crippen LogP contribution in [0.4, 0.5) is 18.0 Å². The minimum absolute atomic E-state index is 0.0516. The van der Waals surface area contributed by atoms with Gasteiger partial charge in [-0.05, 0) is 44.9 Å². The van der Waals surface area contributed by atoms with Crippen molar-refractivity contribution < 1.29 is 27.8 Å². The molecule has 0 aliphatic carbocycles. The van der Waals surface area contributed by atoms with Crippen LogP contribution in [0.2, 0.25) is 0 Å². The lowest BCUT2D eigenvalue weighted by molar-refractivity contribution is -0.138. The number of aliphatic hydroxyl groups is 1. The third-order valence-electron chi connectivity index (χ3n) is 3.05. The highest BCUT2D eigenvalue weighted by molar-refractivity contribution is 5.73. The second kappa shape index (κ2) is 8.77. The topological polar surface area (TPSA) is 70.6 Å². The first-order valence-electron chi connectivity index (χ1n) is 7.66. The standard InChI is InChI=1S/C16H23F3N2O3/c1-10(2)24-13-5-4-12(14(8-13)16(17,18)19)9-21-15(23)20-7-6-11(3)22/h4-5,8,10-11,22H,6-7,9H2,1-3H3,(H2,20,21,23). The largest absolute Gasteiger partial charge is 0.491 e. The fourth-order valence-corrected chi connectivity index (χ4v) is 1.95. The summed E-state index contributed by atoms with van der Waals surface area (Å²) >= 11 is 0. The molecule has 0 heterocycles. The molecular weight excluding hydrogens is 325 g/mol. The van der Waals surface area contributed by atoms with E-state index in [4.69, 9.17) is 9.84 Å². The molecule has 0 aliphatic rings. The molecule has 24 heavy (non-hydrogen) atoms. The molecule has 136 valence electrons. The predicted octanol–water partition coefficient (Wildman–Crippen LogP) is 3.06. The van der Waals surface area contributed by atoms with Crippen LogP contribution in [0.25, 0.3) is 0 Å². The summed E-state index contributed by atoms with van der Waals surface area (Å²) in [6.45, 7) is 4.99. The molecule has 0 saturated carbocycles. The molecular formula is C16H23F3N2O3. The van der Waals surface area contributed by atoms with E-state index in [2.05, 4.69) is 10.6 Å². The number of carbonyl (C=O) groups excluding carboxylic acids is 1. The molecule has 0 bridgehead atoms. The fourth-order valence-electron chi connectivity index (χ4n) is 1.95. The summed E-state index contributed by atoms with van der Waals surface area (Å²) in [5, 5.41) is 13.9. The zero-order valence-electron chi connectivity index (χ0n) is 13.9. The molecule has 1 atom stereocenters. The summed E-state index contributed by atoms with van der Waals surface area (Å²) in [6.07, 6.45) is -4.98. The van der Waals surface area contributed by atoms with E-state index >= 15 is 0 Å². The number of urea groups is 1. The third kappa shape index (κ3) is 7.08. The van der Waals surface area contributed by atoms with Gasteiger partial charge in [-0.2, -0.15) is 13.2 Å². The Morgan fingerprint density at radius 1 is 1.25 bits per heavy atom. The number of carbonyl (C=O) groups is 1. The smallest absolute Gasteiger partial charge is 0.416 e. The molecule has 1 aromatic rings. The van der Waals surface area contributed by atoms with Gasteiger partial charge in [-0.15, -0.1) is 0 Å². The summed E-state index contributed by atoms with van der Waals surface area (Å²) in [6, 6.07) is 3.07. The Morgan fingerprint density at radius 2 is 1.92 bits per heavy atom. The van der Waals surface area contributed by atoms with Crippen LogP contribution in [0.1, 0.15) is 38.3 Å². The van der Waals surface area contributed by atoms with E-state index in [9.17, 15) is 18.0 Å². The van der Waals surface area contributed by atoms with E-state index < -0.39 is 23.9 Å². The van der Waals surface area contributed by atoms with Crippen molar-refractivity contribution in [3.05, 3.63) is 29.3 Å². The van der Waals surface area contributed by atoms with Gasteiger partial charge in [-0.25, -0.2) is 4.79 Å². The summed E-state index contributed by atoms with van der Waals surface area (Å²) in [7, 11) is 0. The van der Waals surface area contributed by atoms with Crippen molar-refractivity contribution in [1.29, 1.82) is 0 Å². The van der Waals surface area contributed by atoms with Crippen LogP contribution in [0, 0.1) is 0 Å². The molecule has 1 unspecified atom stereocenters. The van der Waals surface area contributed by atoms with Gasteiger partial charge in [0.25, 0.3) is 0 Å². The molecule has 1 rings (SSSR count). The second-order valence-electron chi connectivity index (χ2n) is 5.73. The number of hydrogen-bond acceptors (Lipinski definition) is 3. The molecule has 8 heteroatoms. The molecule has 5 nitrogen and oxygen atoms in total. The Morgan fingerprint density at radius 3 is 2.46 bits per heavy atom. The number of amides is 2. The maximum Gasteiger partial charge on any atom is 0.416 e. The number of nitrogens with one attached hydrogen (secondary N) is 2. The molecule has 0 aromatic heterocycles. The Labute approximate surface area is 139 Å². The van der Waals surface area contributed by atoms with Gasteiger partial charge < -0.3 is 20.5 Å². The number of ether oxygens (including phenoxy) is 1. The SMILES string of the molecule is CC(O)CCNC(=O)NCc1ccc(OC(C)C)cc1C(F)(F)F. The van der Waals surface area contributed by atoms with Gasteiger partial charge in [0, 0.05) is 13.1 Å². The van der Waals surface area contributed by atoms with Gasteiger partial charge in [0.05, 0.1) is 17.8 Å². The number of rotatable bonds is 7. The zero-order valence-corrected chi connectivity index (χ0v) is 13.9. The number of halogens is 3. The molecule has 0 fully saturated rings. The number of hydrogen-bond donors (Lipinski definition) is 3. The maximum atomic E-state index is 13.2. The van der Waals surface area contributed by atoms with E-state index in [1.807, 2.05) is 0 Å². The van der Waals surface area contributed by atoms with Gasteiger partial charge in [-0.3, -0.25) is 0 Å². The average Bonchev–Trinajstić information content (AvgIpc) is 2.43. The molecule has 0 aliphatic heterocycles. The van der Waals surface area contributed by atoms with E-state index in [0.29, 0.717) is 6.42 Å². The summed E-state index contributed by atoms with van der Waals surface area (Å²) in [4.78, 5) is 11.6. The molecule has 0 saturated heterocycles. The van der Waals surface area contributed by atoms with Gasteiger partial charge in [0.1, 0.15) is 5.75 Å². The lowest BCUT2D eigenvalue weighted by Crippen LogP contribution is -2.36. The first kappa shape index (κ1) is 20.1. The Bertz CT molecular complexity index is 546. The van der Waals surface area contributed by atoms with Crippen molar-refractivity contribution in [3.63, 3.8) is 0 Å². The van der Waals surface area contributed by atoms with Crippen LogP contribution in [-0.4, -0.2) is 29.9 Å². The first-order valence-corrected chi connectivity index (χ1v) is 7.66. The lowest BCUT2D eigenvalue weighted by atomic mass is 10.1. The van der Waals surface area contributed by atoms with E-state index in [1.165, 1.54) is 12.1 Å². The highest BCUT2D eigenvalue weighted by Crippen LogP contribution is 2.34. The minimum atomic E-state index is -4.55. The highest BCUT2D eigenvalue weighted by atomic mass is 19.4. The van der Waals surface area contributed by atoms with Crippen molar-refractivity contribution in [3.8, 4) is 5.75 Å². The molecule has 0 radical (unpaired) electrons. The Kier molecular flexibility index (Phi) is 7.34. The maximum absolute atomic E-state index is 13.2. The van der Waals surface area contributed by atoms with Gasteiger partial charge in [-0.1, -0.05) is 6.07 Å². The lowest BCUT2D eigenvalue weighted by Gasteiger charge is -2.17. The van der Waals surface area contributed by atoms with Crippen LogP contribution in [0.3, 0.4) is 0 Å². The molecule has 2 amide bonds. The predicted molar refractivity (Wildman–Crippen MR) is 83.7 cm³/mol. The van der Waals surface area contributed by atoms with Crippen LogP contribution in [0.5, 0.6) is 5.75 Å². The van der Waals surface area contributed by atoms with E-state index in [-0.39, 0.29) is 30.5 Å². The van der Waals surface area contributed by atoms with Crippen LogP contribution >= 0.6 is 0 Å². The zero-order chi connectivity index (χ0) is 18.3. The van der Waals surface area contributed by atoms with Gasteiger partial charge in [0.15, 0.2) is 0 Å². The number of aliphatic hydroxyl groups excluding tert-OH is 1. The number of alkyl halides is 3. The minimum Gasteiger partial charge on any atom is -0.491 e. The van der Waals surface area contributed by atoms with Crippen molar-refractivity contribution in [2.24, 2.45) is 0 Å². The Balaban J connectivity index is 2.74. The van der Waals surface area contributed by atoms with Crippen molar-refractivity contribution >= 4 is 6.03 Å². The monoisotopic (exact) mass is 348 g/mol. The average molecular weight is 348 g/mol. The van der Waals surface area contributed by atoms with Crippen LogP contribution < -0.4 is 15.4 Å². The summed E-state index contributed by atoms with van der Waals surface area (Å²) in [5.41, 5.74) is -0.894. The van der Waals surface area contributed by atoms with Gasteiger partial charge >= 0.3 is 12.2 Å². The first-order chi connectivity index (χ1) is 11.1. The summed E-state index contributed by atoms with van der Waals surface area (Å²) in [5.74, 6) is 0.127. The van der Waals surface area contributed by atoms with E-state index in [0.717, 1.165) is 6.07 Å². The fraction of sp³-hybridized carbons (Fsp3) is 0.562. The van der Waals surface area contributed by atoms with Crippen LogP contribution in [0.15, 0.2) is 18.2 Å². The van der Waals surface area contributed by atoms with Crippen molar-refractivity contribution in [1.82, 2.24) is 10.6 Å². The highest BCUT2D eigenvalue weighted by Gasteiger charge is 2.33. The van der Waals surface area contributed by atoms with Crippen molar-refractivity contribution in [2.75, 3.05) is 6.54 Å². The quantitative estimate of drug-likeness (QED) is 0.709. The van der Waals surface area contributed by atoms with Crippen LogP contribution in [-0.2, 0) is 12.7 Å². The van der Waals surface area contributed by atoms with Crippen molar-refractivity contribution in [2.45, 2.75) is 52.1 Å². The molecule has 3 N–H and O–H groups in total. The summed E-state index contributed by atoms with van der Waals surface area (Å²) < 4.78 is 44.8. The van der Waals surface area contributed by atoms with E-state index in [1.54, 1.807) is 20.8 Å². The van der Waals surface area contributed by atoms with Gasteiger partial charge in [0.2, 0.25) is 0 Å². The molecule has 1 aromatic carbocycles. The normalized spacial score (nSPS) is 12.8. The second-order valence-corrected chi connectivity index (χ2v) is 5.73. The number of benzene rings is 1. The third-order valence-corrected chi connectivity index (χ3v) is 3.05. The Hall–Kier alpha value is -1.96.